The molecular weight excluding hydrogens is 399 g/mol. The minimum Gasteiger partial charge on any atom is -0.461 e. The number of nitrogens with zero attached hydrogens (tertiary/aromatic N) is 3. The first-order chi connectivity index (χ1) is 13.8. The van der Waals surface area contributed by atoms with Gasteiger partial charge in [0.15, 0.2) is 11.6 Å². The van der Waals surface area contributed by atoms with Crippen molar-refractivity contribution in [2.75, 3.05) is 5.32 Å². The fourth-order valence-electron chi connectivity index (χ4n) is 2.99. The summed E-state index contributed by atoms with van der Waals surface area (Å²) >= 11 is 1.18. The molecule has 4 aromatic rings. The van der Waals surface area contributed by atoms with Crippen LogP contribution in [0.3, 0.4) is 0 Å². The van der Waals surface area contributed by atoms with Crippen molar-refractivity contribution in [1.29, 1.82) is 0 Å². The number of thiophene rings is 1. The lowest BCUT2D eigenvalue weighted by molar-refractivity contribution is -0.387. The lowest BCUT2D eigenvalue weighted by atomic mass is 10.1. The first-order valence-corrected chi connectivity index (χ1v) is 9.23. The molecule has 0 unspecified atom stereocenters. The Labute approximate surface area is 167 Å². The van der Waals surface area contributed by atoms with Gasteiger partial charge in [-0.1, -0.05) is 0 Å². The Hall–Kier alpha value is -3.66. The lowest BCUT2D eigenvalue weighted by Crippen LogP contribution is -2.11. The fourth-order valence-corrected chi connectivity index (χ4v) is 4.12. The maximum atomic E-state index is 13.5. The van der Waals surface area contributed by atoms with E-state index >= 15 is 0 Å². The van der Waals surface area contributed by atoms with E-state index in [0.717, 1.165) is 17.5 Å². The summed E-state index contributed by atoms with van der Waals surface area (Å²) in [5, 5.41) is 14.2. The smallest absolute Gasteiger partial charge is 0.306 e. The third-order valence-corrected chi connectivity index (χ3v) is 5.50. The van der Waals surface area contributed by atoms with Crippen molar-refractivity contribution >= 4 is 38.8 Å². The van der Waals surface area contributed by atoms with Crippen molar-refractivity contribution in [3.63, 3.8) is 0 Å². The molecule has 0 saturated carbocycles. The molecule has 0 aliphatic carbocycles. The quantitative estimate of drug-likeness (QED) is 0.378. The minimum atomic E-state index is -0.970. The second-order valence-electron chi connectivity index (χ2n) is 6.22. The van der Waals surface area contributed by atoms with Crippen LogP contribution in [-0.2, 0) is 0 Å². The van der Waals surface area contributed by atoms with Crippen molar-refractivity contribution in [1.82, 2.24) is 9.97 Å². The highest BCUT2D eigenvalue weighted by Crippen LogP contribution is 2.33. The number of amides is 1. The third-order valence-electron chi connectivity index (χ3n) is 4.32. The van der Waals surface area contributed by atoms with E-state index in [1.165, 1.54) is 23.7 Å². The van der Waals surface area contributed by atoms with Gasteiger partial charge in [0.25, 0.3) is 5.91 Å². The highest BCUT2D eigenvalue weighted by molar-refractivity contribution is 7.20. The predicted molar refractivity (Wildman–Crippen MR) is 106 cm³/mol. The Kier molecular flexibility index (Phi) is 4.55. The van der Waals surface area contributed by atoms with Crippen LogP contribution in [0.1, 0.15) is 20.9 Å². The fraction of sp³-hybridized carbons (Fsp3) is 0.105. The Morgan fingerprint density at radius 1 is 1.28 bits per heavy atom. The Balaban J connectivity index is 1.71. The van der Waals surface area contributed by atoms with E-state index in [-0.39, 0.29) is 5.69 Å². The molecular formula is C19H13FN4O4S. The van der Waals surface area contributed by atoms with Crippen molar-refractivity contribution in [2.24, 2.45) is 0 Å². The second-order valence-corrected chi connectivity index (χ2v) is 7.22. The van der Waals surface area contributed by atoms with Gasteiger partial charge in [0.05, 0.1) is 21.8 Å². The molecule has 0 aliphatic heterocycles. The van der Waals surface area contributed by atoms with Gasteiger partial charge in [0, 0.05) is 17.1 Å². The molecule has 0 bridgehead atoms. The standard InChI is InChI=1S/C19H13FN4O4S/c1-9-15-10(2)21-17(14-4-3-7-28-14)23-19(15)29-16(9)18(25)22-11-5-6-12(20)13(8-11)24(26)27/h3-8H,1-2H3,(H,22,25). The molecule has 10 heteroatoms. The maximum Gasteiger partial charge on any atom is 0.306 e. The number of fused-ring (bicyclic) bond motifs is 1. The van der Waals surface area contributed by atoms with Gasteiger partial charge in [-0.15, -0.1) is 11.3 Å². The highest BCUT2D eigenvalue weighted by atomic mass is 32.1. The molecule has 0 radical (unpaired) electrons. The lowest BCUT2D eigenvalue weighted by Gasteiger charge is -2.05. The monoisotopic (exact) mass is 412 g/mol. The number of halogens is 1. The van der Waals surface area contributed by atoms with Crippen LogP contribution in [0.15, 0.2) is 41.0 Å². The number of benzene rings is 1. The Morgan fingerprint density at radius 3 is 2.76 bits per heavy atom. The van der Waals surface area contributed by atoms with Crippen molar-refractivity contribution < 1.29 is 18.5 Å². The molecule has 0 fully saturated rings. The number of carbonyl (C=O) groups is 1. The number of nitro groups is 1. The van der Waals surface area contributed by atoms with E-state index in [1.54, 1.807) is 19.1 Å². The number of hydrogen-bond acceptors (Lipinski definition) is 7. The summed E-state index contributed by atoms with van der Waals surface area (Å²) in [6.07, 6.45) is 1.53. The van der Waals surface area contributed by atoms with E-state index in [1.807, 2.05) is 6.92 Å². The van der Waals surface area contributed by atoms with Crippen molar-refractivity contribution in [3.05, 3.63) is 68.7 Å². The average molecular weight is 412 g/mol. The first-order valence-electron chi connectivity index (χ1n) is 8.42. The van der Waals surface area contributed by atoms with Crippen LogP contribution < -0.4 is 5.32 Å². The predicted octanol–water partition coefficient (Wildman–Crippen LogP) is 4.87. The summed E-state index contributed by atoms with van der Waals surface area (Å²) in [7, 11) is 0. The number of aromatic nitrogens is 2. The normalized spacial score (nSPS) is 11.0. The van der Waals surface area contributed by atoms with E-state index in [0.29, 0.717) is 32.5 Å². The summed E-state index contributed by atoms with van der Waals surface area (Å²) in [6.45, 7) is 3.60. The number of rotatable bonds is 4. The van der Waals surface area contributed by atoms with Crippen molar-refractivity contribution in [3.8, 4) is 11.6 Å². The number of nitro benzene ring substituents is 1. The Morgan fingerprint density at radius 2 is 2.07 bits per heavy atom. The minimum absolute atomic E-state index is 0.124. The Bertz CT molecular complexity index is 1270. The number of anilines is 1. The molecule has 8 nitrogen and oxygen atoms in total. The van der Waals surface area contributed by atoms with E-state index in [2.05, 4.69) is 15.3 Å². The summed E-state index contributed by atoms with van der Waals surface area (Å²) in [6, 6.07) is 6.67. The van der Waals surface area contributed by atoms with Crippen LogP contribution in [0.4, 0.5) is 15.8 Å². The van der Waals surface area contributed by atoms with Crippen LogP contribution in [-0.4, -0.2) is 20.8 Å². The molecule has 29 heavy (non-hydrogen) atoms. The molecule has 1 aromatic carbocycles. The number of carbonyl (C=O) groups excluding carboxylic acids is 1. The SMILES string of the molecule is Cc1nc(-c2ccco2)nc2sc(C(=O)Nc3ccc(F)c([N+](=O)[O-])c3)c(C)c12. The molecule has 0 spiro atoms. The molecule has 0 saturated heterocycles. The summed E-state index contributed by atoms with van der Waals surface area (Å²) in [5.41, 5.74) is 0.814. The van der Waals surface area contributed by atoms with Gasteiger partial charge in [-0.3, -0.25) is 14.9 Å². The highest BCUT2D eigenvalue weighted by Gasteiger charge is 2.21. The van der Waals surface area contributed by atoms with E-state index in [9.17, 15) is 19.3 Å². The van der Waals surface area contributed by atoms with E-state index < -0.39 is 22.3 Å². The molecule has 4 rings (SSSR count). The number of aryl methyl sites for hydroxylation is 2. The van der Waals surface area contributed by atoms with Crippen LogP contribution in [0.25, 0.3) is 21.8 Å². The van der Waals surface area contributed by atoms with Gasteiger partial charge >= 0.3 is 5.69 Å². The zero-order chi connectivity index (χ0) is 20.7. The molecule has 0 aliphatic rings. The van der Waals surface area contributed by atoms with Crippen LogP contribution in [0, 0.1) is 29.8 Å². The van der Waals surface area contributed by atoms with Gasteiger partial charge in [-0.2, -0.15) is 4.39 Å². The third kappa shape index (κ3) is 3.34. The van der Waals surface area contributed by atoms with Crippen molar-refractivity contribution in [2.45, 2.75) is 13.8 Å². The van der Waals surface area contributed by atoms with Crippen LogP contribution >= 0.6 is 11.3 Å². The largest absolute Gasteiger partial charge is 0.461 e. The zero-order valence-corrected chi connectivity index (χ0v) is 16.0. The number of nitrogens with one attached hydrogen (secondary N) is 1. The average Bonchev–Trinajstić information content (AvgIpc) is 3.31. The van der Waals surface area contributed by atoms with Gasteiger partial charge in [0.2, 0.25) is 5.82 Å². The van der Waals surface area contributed by atoms with E-state index in [4.69, 9.17) is 4.42 Å². The zero-order valence-electron chi connectivity index (χ0n) is 15.2. The summed E-state index contributed by atoms with van der Waals surface area (Å²) < 4.78 is 18.8. The van der Waals surface area contributed by atoms with Gasteiger partial charge in [0.1, 0.15) is 4.83 Å². The number of hydrogen-bond donors (Lipinski definition) is 1. The van der Waals surface area contributed by atoms with Gasteiger partial charge in [-0.25, -0.2) is 9.97 Å². The molecule has 0 atom stereocenters. The summed E-state index contributed by atoms with van der Waals surface area (Å²) in [4.78, 5) is 32.8. The molecule has 3 aromatic heterocycles. The first kappa shape index (κ1) is 18.7. The van der Waals surface area contributed by atoms with Gasteiger partial charge in [-0.05, 0) is 43.7 Å². The second kappa shape index (κ2) is 7.06. The molecule has 3 heterocycles. The number of furan rings is 1. The topological polar surface area (TPSA) is 111 Å². The molecule has 1 amide bonds. The molecule has 146 valence electrons. The van der Waals surface area contributed by atoms with Gasteiger partial charge < -0.3 is 9.73 Å². The van der Waals surface area contributed by atoms with Crippen LogP contribution in [0.5, 0.6) is 0 Å². The van der Waals surface area contributed by atoms with Crippen LogP contribution in [0.2, 0.25) is 0 Å². The summed E-state index contributed by atoms with van der Waals surface area (Å²) in [5.74, 6) is -0.499. The molecule has 1 N–H and O–H groups in total. The maximum absolute atomic E-state index is 13.5.